The van der Waals surface area contributed by atoms with Crippen LogP contribution in [0.3, 0.4) is 0 Å². The number of hydrogen-bond acceptors (Lipinski definition) is 5. The van der Waals surface area contributed by atoms with Crippen LogP contribution in [0.25, 0.3) is 0 Å². The molecule has 0 saturated carbocycles. The fraction of sp³-hybridized carbons (Fsp3) is 0.316. The number of ether oxygens (including phenoxy) is 1. The van der Waals surface area contributed by atoms with Crippen LogP contribution < -0.4 is 10.2 Å². The van der Waals surface area contributed by atoms with E-state index < -0.39 is 23.6 Å². The van der Waals surface area contributed by atoms with Crippen LogP contribution in [0.2, 0.25) is 0 Å². The predicted octanol–water partition coefficient (Wildman–Crippen LogP) is 2.90. The summed E-state index contributed by atoms with van der Waals surface area (Å²) in [6, 6.07) is 8.41. The largest absolute Gasteiger partial charge is 0.465 e. The molecule has 0 spiro atoms. The molecule has 1 aromatic carbocycles. The molecule has 1 saturated heterocycles. The summed E-state index contributed by atoms with van der Waals surface area (Å²) in [5.74, 6) is -0.597. The van der Waals surface area contributed by atoms with Crippen LogP contribution in [-0.4, -0.2) is 43.1 Å². The van der Waals surface area contributed by atoms with E-state index in [1.54, 1.807) is 17.0 Å². The maximum Gasteiger partial charge on any atom is 0.417 e. The van der Waals surface area contributed by atoms with Crippen molar-refractivity contribution in [3.05, 3.63) is 59.3 Å². The van der Waals surface area contributed by atoms with Gasteiger partial charge in [0.05, 0.1) is 23.8 Å². The van der Waals surface area contributed by atoms with Gasteiger partial charge in [-0.15, -0.1) is 0 Å². The minimum Gasteiger partial charge on any atom is -0.465 e. The van der Waals surface area contributed by atoms with Gasteiger partial charge in [0.1, 0.15) is 5.82 Å². The first-order valence-electron chi connectivity index (χ1n) is 8.56. The highest BCUT2D eigenvalue weighted by Crippen LogP contribution is 2.30. The monoisotopic (exact) mass is 393 g/mol. The van der Waals surface area contributed by atoms with Crippen molar-refractivity contribution in [1.82, 2.24) is 10.3 Å². The second-order valence-electron chi connectivity index (χ2n) is 6.35. The van der Waals surface area contributed by atoms with Crippen molar-refractivity contribution in [3.8, 4) is 0 Å². The number of carbonyl (C=O) groups is 2. The first kappa shape index (κ1) is 19.7. The first-order chi connectivity index (χ1) is 13.3. The third-order valence-corrected chi connectivity index (χ3v) is 4.50. The van der Waals surface area contributed by atoms with Crippen LogP contribution >= 0.6 is 0 Å². The first-order valence-corrected chi connectivity index (χ1v) is 8.56. The molecule has 2 heterocycles. The summed E-state index contributed by atoms with van der Waals surface area (Å²) in [6.45, 7) is 0.951. The number of halogens is 3. The number of aromatic nitrogens is 1. The number of benzene rings is 1. The molecule has 1 aromatic heterocycles. The number of hydrogen-bond donors (Lipinski definition) is 1. The van der Waals surface area contributed by atoms with Crippen molar-refractivity contribution in [2.45, 2.75) is 18.6 Å². The quantitative estimate of drug-likeness (QED) is 0.809. The lowest BCUT2D eigenvalue weighted by atomic mass is 10.1. The number of carbonyl (C=O) groups excluding carboxylic acids is 2. The van der Waals surface area contributed by atoms with Gasteiger partial charge in [-0.1, -0.05) is 12.1 Å². The van der Waals surface area contributed by atoms with Crippen molar-refractivity contribution in [3.63, 3.8) is 0 Å². The normalized spacial score (nSPS) is 16.7. The van der Waals surface area contributed by atoms with Crippen molar-refractivity contribution < 1.29 is 27.5 Å². The molecule has 0 bridgehead atoms. The Morgan fingerprint density at radius 3 is 2.50 bits per heavy atom. The summed E-state index contributed by atoms with van der Waals surface area (Å²) in [4.78, 5) is 30.1. The Hall–Kier alpha value is -3.10. The Kier molecular flexibility index (Phi) is 5.53. The minimum atomic E-state index is -4.43. The van der Waals surface area contributed by atoms with Crippen molar-refractivity contribution in [2.75, 3.05) is 25.1 Å². The van der Waals surface area contributed by atoms with Gasteiger partial charge in [-0.3, -0.25) is 4.79 Å². The maximum atomic E-state index is 12.6. The van der Waals surface area contributed by atoms with Crippen LogP contribution in [0.5, 0.6) is 0 Å². The SMILES string of the molecule is COC(=O)c1ccccc1C(=O)NC1CCN(c2ccc(C(F)(F)F)cn2)C1. The lowest BCUT2D eigenvalue weighted by molar-refractivity contribution is -0.137. The van der Waals surface area contributed by atoms with E-state index in [1.807, 2.05) is 0 Å². The van der Waals surface area contributed by atoms with Crippen LogP contribution in [0.1, 0.15) is 32.7 Å². The molecule has 0 radical (unpaired) electrons. The molecule has 9 heteroatoms. The Bertz CT molecular complexity index is 869. The van der Waals surface area contributed by atoms with E-state index in [1.165, 1.54) is 25.3 Å². The van der Waals surface area contributed by atoms with Gasteiger partial charge in [0.15, 0.2) is 0 Å². The van der Waals surface area contributed by atoms with Crippen molar-refractivity contribution in [1.29, 1.82) is 0 Å². The molecular formula is C19H18F3N3O3. The zero-order valence-corrected chi connectivity index (χ0v) is 15.0. The smallest absolute Gasteiger partial charge is 0.417 e. The Morgan fingerprint density at radius 1 is 1.18 bits per heavy atom. The summed E-state index contributed by atoms with van der Waals surface area (Å²) < 4.78 is 42.6. The van der Waals surface area contributed by atoms with Crippen LogP contribution in [-0.2, 0) is 10.9 Å². The van der Waals surface area contributed by atoms with Crippen LogP contribution in [0.15, 0.2) is 42.6 Å². The number of nitrogens with zero attached hydrogens (tertiary/aromatic N) is 2. The second-order valence-corrected chi connectivity index (χ2v) is 6.35. The summed E-state index contributed by atoms with van der Waals surface area (Å²) in [6.07, 6.45) is -3.03. The fourth-order valence-electron chi connectivity index (χ4n) is 3.06. The lowest BCUT2D eigenvalue weighted by Crippen LogP contribution is -2.37. The number of rotatable bonds is 4. The van der Waals surface area contributed by atoms with E-state index in [2.05, 4.69) is 15.0 Å². The molecule has 28 heavy (non-hydrogen) atoms. The number of amides is 1. The van der Waals surface area contributed by atoms with E-state index in [-0.39, 0.29) is 17.2 Å². The molecule has 3 rings (SSSR count). The molecule has 1 N–H and O–H groups in total. The maximum absolute atomic E-state index is 12.6. The molecule has 2 aromatic rings. The highest BCUT2D eigenvalue weighted by molar-refractivity contribution is 6.05. The van der Waals surface area contributed by atoms with Gasteiger partial charge in [0.2, 0.25) is 0 Å². The Morgan fingerprint density at radius 2 is 1.89 bits per heavy atom. The Labute approximate surface area is 159 Å². The molecule has 1 aliphatic heterocycles. The minimum absolute atomic E-state index is 0.168. The van der Waals surface area contributed by atoms with Gasteiger partial charge < -0.3 is 15.0 Å². The third kappa shape index (κ3) is 4.24. The average Bonchev–Trinajstić information content (AvgIpc) is 3.15. The van der Waals surface area contributed by atoms with Crippen LogP contribution in [0.4, 0.5) is 19.0 Å². The number of nitrogens with one attached hydrogen (secondary N) is 1. The van der Waals surface area contributed by atoms with Gasteiger partial charge in [-0.25, -0.2) is 9.78 Å². The van der Waals surface area contributed by atoms with E-state index >= 15 is 0 Å². The molecule has 1 aliphatic rings. The van der Waals surface area contributed by atoms with E-state index in [0.717, 1.165) is 12.3 Å². The van der Waals surface area contributed by atoms with Gasteiger partial charge in [0, 0.05) is 25.3 Å². The summed E-state index contributed by atoms with van der Waals surface area (Å²) in [5.41, 5.74) is -0.429. The molecule has 1 amide bonds. The standard InChI is InChI=1S/C19H18F3N3O3/c1-28-18(27)15-5-3-2-4-14(15)17(26)24-13-8-9-25(11-13)16-7-6-12(10-23-16)19(20,21)22/h2-7,10,13H,8-9,11H2,1H3,(H,24,26). The molecule has 1 unspecified atom stereocenters. The molecule has 6 nitrogen and oxygen atoms in total. The number of pyridine rings is 1. The molecule has 0 aliphatic carbocycles. The highest BCUT2D eigenvalue weighted by Gasteiger charge is 2.32. The van der Waals surface area contributed by atoms with Crippen molar-refractivity contribution >= 4 is 17.7 Å². The number of methoxy groups -OCH3 is 1. The average molecular weight is 393 g/mol. The van der Waals surface area contributed by atoms with Gasteiger partial charge in [-0.05, 0) is 30.7 Å². The van der Waals surface area contributed by atoms with Crippen molar-refractivity contribution in [2.24, 2.45) is 0 Å². The van der Waals surface area contributed by atoms with Gasteiger partial charge in [-0.2, -0.15) is 13.2 Å². The fourth-order valence-corrected chi connectivity index (χ4v) is 3.06. The Balaban J connectivity index is 1.65. The van der Waals surface area contributed by atoms with E-state index in [9.17, 15) is 22.8 Å². The number of alkyl halides is 3. The summed E-state index contributed by atoms with van der Waals surface area (Å²) in [5, 5.41) is 2.85. The van der Waals surface area contributed by atoms with E-state index in [4.69, 9.17) is 0 Å². The molecular weight excluding hydrogens is 375 g/mol. The summed E-state index contributed by atoms with van der Waals surface area (Å²) >= 11 is 0. The van der Waals surface area contributed by atoms with Crippen LogP contribution in [0, 0.1) is 0 Å². The zero-order valence-electron chi connectivity index (χ0n) is 15.0. The van der Waals surface area contributed by atoms with E-state index in [0.29, 0.717) is 25.3 Å². The highest BCUT2D eigenvalue weighted by atomic mass is 19.4. The second kappa shape index (κ2) is 7.87. The third-order valence-electron chi connectivity index (χ3n) is 4.50. The topological polar surface area (TPSA) is 71.5 Å². The zero-order chi connectivity index (χ0) is 20.3. The molecule has 1 fully saturated rings. The van der Waals surface area contributed by atoms with Gasteiger partial charge >= 0.3 is 12.1 Å². The summed E-state index contributed by atoms with van der Waals surface area (Å²) in [7, 11) is 1.24. The number of esters is 1. The lowest BCUT2D eigenvalue weighted by Gasteiger charge is -2.19. The predicted molar refractivity (Wildman–Crippen MR) is 95.1 cm³/mol. The molecule has 148 valence electrons. The molecule has 1 atom stereocenters. The van der Waals surface area contributed by atoms with Gasteiger partial charge in [0.25, 0.3) is 5.91 Å². The number of anilines is 1.